The minimum absolute atomic E-state index is 0.107. The first-order valence-electron chi connectivity index (χ1n) is 5.29. The van der Waals surface area contributed by atoms with E-state index in [9.17, 15) is 18.0 Å². The lowest BCUT2D eigenvalue weighted by Crippen LogP contribution is -2.13. The van der Waals surface area contributed by atoms with Crippen LogP contribution in [0.1, 0.15) is 47.8 Å². The van der Waals surface area contributed by atoms with Crippen LogP contribution in [0.5, 0.6) is 0 Å². The Labute approximate surface area is 95.0 Å². The minimum Gasteiger partial charge on any atom is -0.478 e. The van der Waals surface area contributed by atoms with Gasteiger partial charge in [-0.05, 0) is 12.8 Å². The molecule has 1 N–H and O–H groups in total. The maximum absolute atomic E-state index is 12.6. The van der Waals surface area contributed by atoms with Crippen molar-refractivity contribution in [1.82, 2.24) is 9.78 Å². The van der Waals surface area contributed by atoms with Crippen LogP contribution in [-0.2, 0) is 6.18 Å². The van der Waals surface area contributed by atoms with Crippen LogP contribution in [0.3, 0.4) is 0 Å². The summed E-state index contributed by atoms with van der Waals surface area (Å²) < 4.78 is 38.9. The maximum atomic E-state index is 12.6. The molecule has 0 bridgehead atoms. The van der Waals surface area contributed by atoms with Gasteiger partial charge >= 0.3 is 12.1 Å². The lowest BCUT2D eigenvalue weighted by Gasteiger charge is -2.09. The summed E-state index contributed by atoms with van der Waals surface area (Å²) in [6.45, 7) is 0. The highest BCUT2D eigenvalue weighted by atomic mass is 19.4. The van der Waals surface area contributed by atoms with E-state index in [2.05, 4.69) is 5.10 Å². The van der Waals surface area contributed by atoms with Crippen LogP contribution in [0.25, 0.3) is 0 Å². The Morgan fingerprint density at radius 2 is 2.00 bits per heavy atom. The molecule has 1 saturated carbocycles. The second-order valence-corrected chi connectivity index (χ2v) is 4.11. The minimum atomic E-state index is -4.72. The summed E-state index contributed by atoms with van der Waals surface area (Å²) in [7, 11) is 0. The molecule has 0 unspecified atom stereocenters. The van der Waals surface area contributed by atoms with E-state index in [1.54, 1.807) is 0 Å². The number of carbonyl (C=O) groups is 1. The number of aromatic nitrogens is 2. The van der Waals surface area contributed by atoms with E-state index in [1.165, 1.54) is 0 Å². The zero-order valence-corrected chi connectivity index (χ0v) is 8.87. The van der Waals surface area contributed by atoms with Crippen LogP contribution < -0.4 is 0 Å². The van der Waals surface area contributed by atoms with Crippen LogP contribution in [0, 0.1) is 0 Å². The van der Waals surface area contributed by atoms with Crippen molar-refractivity contribution in [3.63, 3.8) is 0 Å². The number of halogens is 3. The summed E-state index contributed by atoms with van der Waals surface area (Å²) in [5, 5.41) is 12.1. The fourth-order valence-electron chi connectivity index (χ4n) is 2.11. The summed E-state index contributed by atoms with van der Waals surface area (Å²) in [5.74, 6) is -1.60. The third kappa shape index (κ3) is 2.27. The molecule has 2 rings (SSSR count). The van der Waals surface area contributed by atoms with Gasteiger partial charge in [0.25, 0.3) is 0 Å². The van der Waals surface area contributed by atoms with E-state index in [0.717, 1.165) is 36.6 Å². The second kappa shape index (κ2) is 4.05. The van der Waals surface area contributed by atoms with Gasteiger partial charge in [-0.25, -0.2) is 4.79 Å². The average Bonchev–Trinajstić information content (AvgIpc) is 2.85. The van der Waals surface area contributed by atoms with Gasteiger partial charge in [0, 0.05) is 6.20 Å². The summed E-state index contributed by atoms with van der Waals surface area (Å²) in [6, 6.07) is -0.107. The van der Waals surface area contributed by atoms with Crippen molar-refractivity contribution >= 4 is 5.97 Å². The Morgan fingerprint density at radius 3 is 2.41 bits per heavy atom. The second-order valence-electron chi connectivity index (χ2n) is 4.11. The van der Waals surface area contributed by atoms with Gasteiger partial charge in [0.15, 0.2) is 5.69 Å². The zero-order chi connectivity index (χ0) is 12.6. The van der Waals surface area contributed by atoms with Crippen LogP contribution >= 0.6 is 0 Å². The normalized spacial score (nSPS) is 17.6. The number of nitrogens with zero attached hydrogens (tertiary/aromatic N) is 2. The molecule has 0 aromatic carbocycles. The SMILES string of the molecule is O=C(O)c1cn(C2CCCC2)nc1C(F)(F)F. The summed E-state index contributed by atoms with van der Waals surface area (Å²) >= 11 is 0. The fraction of sp³-hybridized carbons (Fsp3) is 0.600. The van der Waals surface area contributed by atoms with Gasteiger partial charge in [0.2, 0.25) is 0 Å². The molecular formula is C10H11F3N2O2. The molecule has 0 aliphatic heterocycles. The summed E-state index contributed by atoms with van der Waals surface area (Å²) in [5.41, 5.74) is -2.08. The van der Waals surface area contributed by atoms with Crippen LogP contribution in [0.15, 0.2) is 6.20 Å². The number of carboxylic acids is 1. The standard InChI is InChI=1S/C10H11F3N2O2/c11-10(12,13)8-7(9(16)17)5-15(14-8)6-3-1-2-4-6/h5-6H,1-4H2,(H,16,17). The van der Waals surface area contributed by atoms with Crippen molar-refractivity contribution in [1.29, 1.82) is 0 Å². The van der Waals surface area contributed by atoms with E-state index < -0.39 is 23.4 Å². The predicted molar refractivity (Wildman–Crippen MR) is 51.7 cm³/mol. The largest absolute Gasteiger partial charge is 0.478 e. The highest BCUT2D eigenvalue weighted by molar-refractivity contribution is 5.88. The number of aromatic carboxylic acids is 1. The molecule has 1 aromatic heterocycles. The van der Waals surface area contributed by atoms with Crippen molar-refractivity contribution in [3.05, 3.63) is 17.5 Å². The van der Waals surface area contributed by atoms with Gasteiger partial charge in [-0.1, -0.05) is 12.8 Å². The van der Waals surface area contributed by atoms with E-state index in [-0.39, 0.29) is 6.04 Å². The number of alkyl halides is 3. The van der Waals surface area contributed by atoms with Crippen molar-refractivity contribution in [2.45, 2.75) is 37.9 Å². The van der Waals surface area contributed by atoms with Crippen LogP contribution in [0.4, 0.5) is 13.2 Å². The Kier molecular flexibility index (Phi) is 2.84. The molecule has 1 aliphatic carbocycles. The third-order valence-electron chi connectivity index (χ3n) is 2.93. The summed E-state index contributed by atoms with van der Waals surface area (Å²) in [4.78, 5) is 10.7. The van der Waals surface area contributed by atoms with E-state index >= 15 is 0 Å². The number of rotatable bonds is 2. The van der Waals surface area contributed by atoms with E-state index in [0.29, 0.717) is 0 Å². The molecule has 4 nitrogen and oxygen atoms in total. The molecule has 0 radical (unpaired) electrons. The molecular weight excluding hydrogens is 237 g/mol. The van der Waals surface area contributed by atoms with E-state index in [4.69, 9.17) is 5.11 Å². The van der Waals surface area contributed by atoms with Gasteiger partial charge in [-0.2, -0.15) is 18.3 Å². The molecule has 1 heterocycles. The van der Waals surface area contributed by atoms with Gasteiger partial charge in [0.1, 0.15) is 5.56 Å². The lowest BCUT2D eigenvalue weighted by atomic mass is 10.2. The van der Waals surface area contributed by atoms with Gasteiger partial charge in [0.05, 0.1) is 6.04 Å². The highest BCUT2D eigenvalue weighted by Gasteiger charge is 2.40. The Balaban J connectivity index is 2.40. The van der Waals surface area contributed by atoms with Crippen LogP contribution in [-0.4, -0.2) is 20.9 Å². The predicted octanol–water partition coefficient (Wildman–Crippen LogP) is 2.72. The van der Waals surface area contributed by atoms with Crippen LogP contribution in [0.2, 0.25) is 0 Å². The molecule has 1 aliphatic rings. The van der Waals surface area contributed by atoms with Crippen molar-refractivity contribution in [2.24, 2.45) is 0 Å². The van der Waals surface area contributed by atoms with Gasteiger partial charge in [-0.3, -0.25) is 4.68 Å². The fourth-order valence-corrected chi connectivity index (χ4v) is 2.11. The summed E-state index contributed by atoms with van der Waals surface area (Å²) in [6.07, 6.45) is -0.364. The molecule has 0 amide bonds. The Hall–Kier alpha value is -1.53. The third-order valence-corrected chi connectivity index (χ3v) is 2.93. The molecule has 0 atom stereocenters. The smallest absolute Gasteiger partial charge is 0.436 e. The molecule has 94 valence electrons. The van der Waals surface area contributed by atoms with Gasteiger partial charge < -0.3 is 5.11 Å². The lowest BCUT2D eigenvalue weighted by molar-refractivity contribution is -0.142. The Morgan fingerprint density at radius 1 is 1.41 bits per heavy atom. The average molecular weight is 248 g/mol. The topological polar surface area (TPSA) is 55.1 Å². The van der Waals surface area contributed by atoms with Crippen molar-refractivity contribution < 1.29 is 23.1 Å². The maximum Gasteiger partial charge on any atom is 0.436 e. The molecule has 1 fully saturated rings. The van der Waals surface area contributed by atoms with Gasteiger partial charge in [-0.15, -0.1) is 0 Å². The first kappa shape index (κ1) is 11.9. The van der Waals surface area contributed by atoms with E-state index in [1.807, 2.05) is 0 Å². The quantitative estimate of drug-likeness (QED) is 0.875. The molecule has 1 aromatic rings. The highest BCUT2D eigenvalue weighted by Crippen LogP contribution is 2.34. The molecule has 17 heavy (non-hydrogen) atoms. The monoisotopic (exact) mass is 248 g/mol. The van der Waals surface area contributed by atoms with Crippen molar-refractivity contribution in [2.75, 3.05) is 0 Å². The first-order valence-corrected chi connectivity index (χ1v) is 5.29. The number of hydrogen-bond acceptors (Lipinski definition) is 2. The number of carboxylic acid groups (broad SMARTS) is 1. The van der Waals surface area contributed by atoms with Crippen molar-refractivity contribution in [3.8, 4) is 0 Å². The first-order chi connectivity index (χ1) is 7.89. The zero-order valence-electron chi connectivity index (χ0n) is 8.87. The molecule has 0 saturated heterocycles. The Bertz CT molecular complexity index is 433. The molecule has 0 spiro atoms. The number of hydrogen-bond donors (Lipinski definition) is 1. The molecule has 7 heteroatoms.